The van der Waals surface area contributed by atoms with Gasteiger partial charge in [-0.2, -0.15) is 5.26 Å². The van der Waals surface area contributed by atoms with Gasteiger partial charge in [-0.3, -0.25) is 19.3 Å². The number of amides is 2. The van der Waals surface area contributed by atoms with Crippen LogP contribution in [0.5, 0.6) is 0 Å². The maximum atomic E-state index is 12.2. The summed E-state index contributed by atoms with van der Waals surface area (Å²) in [6.07, 6.45) is 1.42. The van der Waals surface area contributed by atoms with Crippen molar-refractivity contribution in [3.63, 3.8) is 0 Å². The molecule has 0 aromatic heterocycles. The molecule has 0 spiro atoms. The number of nitrogens with zero attached hydrogens (tertiary/aromatic N) is 2. The number of benzene rings is 1. The van der Waals surface area contributed by atoms with Crippen LogP contribution in [0.3, 0.4) is 0 Å². The maximum absolute atomic E-state index is 12.2. The molecule has 0 fully saturated rings. The number of ketones is 1. The van der Waals surface area contributed by atoms with Crippen molar-refractivity contribution in [2.45, 2.75) is 6.92 Å². The minimum atomic E-state index is -1.27. The summed E-state index contributed by atoms with van der Waals surface area (Å²) in [5.74, 6) is -3.87. The summed E-state index contributed by atoms with van der Waals surface area (Å²) in [7, 11) is 0. The molecule has 1 heterocycles. The summed E-state index contributed by atoms with van der Waals surface area (Å²) in [5.41, 5.74) is 0.104. The number of carbonyl (C=O) groups is 4. The molecule has 1 aliphatic rings. The average Bonchev–Trinajstić information content (AvgIpc) is 2.84. The van der Waals surface area contributed by atoms with Crippen molar-refractivity contribution in [1.29, 1.82) is 10.7 Å². The standard InChI is InChI=1S/C18H15N3O5/c1-3-6-21-16(23)12-5-4-11(7-13(12)17(21)24)18(25)26-9-15(22)14(8-19)10(2)20/h3-5,7,14,20H,1,6,9H2,2H3. The summed E-state index contributed by atoms with van der Waals surface area (Å²) in [5, 5.41) is 16.2. The highest BCUT2D eigenvalue weighted by molar-refractivity contribution is 6.22. The van der Waals surface area contributed by atoms with Gasteiger partial charge in [0.25, 0.3) is 11.8 Å². The van der Waals surface area contributed by atoms with Crippen molar-refractivity contribution in [2.75, 3.05) is 13.2 Å². The number of hydrogen-bond donors (Lipinski definition) is 1. The first kappa shape index (κ1) is 18.7. The highest BCUT2D eigenvalue weighted by Crippen LogP contribution is 2.24. The summed E-state index contributed by atoms with van der Waals surface area (Å²) in [6, 6.07) is 5.56. The van der Waals surface area contributed by atoms with Crippen molar-refractivity contribution in [3.05, 3.63) is 47.5 Å². The fourth-order valence-corrected chi connectivity index (χ4v) is 2.43. The van der Waals surface area contributed by atoms with Crippen LogP contribution in [0, 0.1) is 22.7 Å². The summed E-state index contributed by atoms with van der Waals surface area (Å²) in [6.45, 7) is 4.18. The van der Waals surface area contributed by atoms with Gasteiger partial charge in [0.2, 0.25) is 0 Å². The average molecular weight is 353 g/mol. The summed E-state index contributed by atoms with van der Waals surface area (Å²) < 4.78 is 4.86. The van der Waals surface area contributed by atoms with Crippen molar-refractivity contribution < 1.29 is 23.9 Å². The second-order valence-electron chi connectivity index (χ2n) is 5.56. The van der Waals surface area contributed by atoms with Crippen LogP contribution in [-0.4, -0.2) is 47.3 Å². The van der Waals surface area contributed by atoms with Gasteiger partial charge in [-0.1, -0.05) is 6.08 Å². The van der Waals surface area contributed by atoms with Crippen LogP contribution < -0.4 is 0 Å². The predicted molar refractivity (Wildman–Crippen MR) is 89.8 cm³/mol. The lowest BCUT2D eigenvalue weighted by atomic mass is 10.0. The Morgan fingerprint density at radius 1 is 1.35 bits per heavy atom. The molecule has 1 atom stereocenters. The molecule has 0 saturated heterocycles. The minimum absolute atomic E-state index is 0.00163. The second kappa shape index (κ2) is 7.53. The number of ether oxygens (including phenoxy) is 1. The van der Waals surface area contributed by atoms with Crippen LogP contribution in [-0.2, 0) is 9.53 Å². The van der Waals surface area contributed by atoms with Crippen molar-refractivity contribution in [2.24, 2.45) is 5.92 Å². The highest BCUT2D eigenvalue weighted by atomic mass is 16.5. The Kier molecular flexibility index (Phi) is 5.42. The van der Waals surface area contributed by atoms with Crippen molar-refractivity contribution in [1.82, 2.24) is 4.90 Å². The summed E-state index contributed by atoms with van der Waals surface area (Å²) >= 11 is 0. The molecule has 0 aliphatic carbocycles. The van der Waals surface area contributed by atoms with Gasteiger partial charge in [-0.25, -0.2) is 4.79 Å². The molecule has 1 aromatic carbocycles. The lowest BCUT2D eigenvalue weighted by Gasteiger charge is -2.09. The highest BCUT2D eigenvalue weighted by Gasteiger charge is 2.35. The Labute approximate surface area is 149 Å². The molecule has 26 heavy (non-hydrogen) atoms. The number of Topliss-reactive ketones (excluding diaryl/α,β-unsaturated/α-hetero) is 1. The van der Waals surface area contributed by atoms with Crippen molar-refractivity contribution >= 4 is 29.3 Å². The van der Waals surface area contributed by atoms with Crippen molar-refractivity contribution in [3.8, 4) is 6.07 Å². The number of carbonyl (C=O) groups excluding carboxylic acids is 4. The first-order chi connectivity index (χ1) is 12.3. The minimum Gasteiger partial charge on any atom is -0.454 e. The van der Waals surface area contributed by atoms with E-state index in [-0.39, 0.29) is 28.9 Å². The van der Waals surface area contributed by atoms with Crippen LogP contribution in [0.15, 0.2) is 30.9 Å². The molecule has 2 rings (SSSR count). The van der Waals surface area contributed by atoms with Crippen LogP contribution >= 0.6 is 0 Å². The molecule has 0 radical (unpaired) electrons. The third-order valence-corrected chi connectivity index (χ3v) is 3.75. The molecule has 132 valence electrons. The third kappa shape index (κ3) is 3.42. The number of imide groups is 1. The van der Waals surface area contributed by atoms with E-state index in [1.165, 1.54) is 31.2 Å². The van der Waals surface area contributed by atoms with Gasteiger partial charge in [0.1, 0.15) is 5.92 Å². The molecule has 8 nitrogen and oxygen atoms in total. The molecule has 0 saturated carbocycles. The normalized spacial score (nSPS) is 13.6. The van der Waals surface area contributed by atoms with Gasteiger partial charge in [0.15, 0.2) is 12.4 Å². The fourth-order valence-electron chi connectivity index (χ4n) is 2.43. The number of nitriles is 1. The Balaban J connectivity index is 2.14. The largest absolute Gasteiger partial charge is 0.454 e. The molecule has 1 aromatic rings. The molecule has 1 unspecified atom stereocenters. The number of rotatable bonds is 7. The van der Waals surface area contributed by atoms with E-state index in [0.29, 0.717) is 0 Å². The Bertz CT molecular complexity index is 881. The van der Waals surface area contributed by atoms with E-state index in [9.17, 15) is 19.2 Å². The Hall–Kier alpha value is -3.60. The topological polar surface area (TPSA) is 128 Å². The van der Waals surface area contributed by atoms with E-state index in [1.807, 2.05) is 0 Å². The zero-order chi connectivity index (χ0) is 19.4. The van der Waals surface area contributed by atoms with Crippen LogP contribution in [0.25, 0.3) is 0 Å². The number of esters is 1. The molecular formula is C18H15N3O5. The molecule has 1 N–H and O–H groups in total. The van der Waals surface area contributed by atoms with Gasteiger partial charge in [-0.15, -0.1) is 6.58 Å². The quantitative estimate of drug-likeness (QED) is 0.341. The molecule has 1 aliphatic heterocycles. The predicted octanol–water partition coefficient (Wildman–Crippen LogP) is 1.37. The number of fused-ring (bicyclic) bond motifs is 1. The number of nitrogens with one attached hydrogen (secondary N) is 1. The van der Waals surface area contributed by atoms with Crippen LogP contribution in [0.1, 0.15) is 38.0 Å². The fraction of sp³-hybridized carbons (Fsp3) is 0.222. The zero-order valence-electron chi connectivity index (χ0n) is 13.9. The van der Waals surface area contributed by atoms with E-state index in [4.69, 9.17) is 15.4 Å². The van der Waals surface area contributed by atoms with E-state index in [1.54, 1.807) is 6.07 Å². The second-order valence-corrected chi connectivity index (χ2v) is 5.56. The Morgan fingerprint density at radius 2 is 2.00 bits per heavy atom. The maximum Gasteiger partial charge on any atom is 0.338 e. The lowest BCUT2D eigenvalue weighted by Crippen LogP contribution is -2.29. The third-order valence-electron chi connectivity index (χ3n) is 3.75. The van der Waals surface area contributed by atoms with Gasteiger partial charge in [0.05, 0.1) is 22.8 Å². The lowest BCUT2D eigenvalue weighted by molar-refractivity contribution is -0.122. The van der Waals surface area contributed by atoms with Gasteiger partial charge in [0, 0.05) is 12.3 Å². The molecule has 0 bridgehead atoms. The van der Waals surface area contributed by atoms with Gasteiger partial charge < -0.3 is 10.1 Å². The Morgan fingerprint density at radius 3 is 2.58 bits per heavy atom. The smallest absolute Gasteiger partial charge is 0.338 e. The van der Waals surface area contributed by atoms with Gasteiger partial charge in [-0.05, 0) is 25.1 Å². The number of hydrogen-bond acceptors (Lipinski definition) is 7. The monoisotopic (exact) mass is 353 g/mol. The first-order valence-corrected chi connectivity index (χ1v) is 7.57. The van der Waals surface area contributed by atoms with E-state index >= 15 is 0 Å². The van der Waals surface area contributed by atoms with E-state index in [2.05, 4.69) is 6.58 Å². The van der Waals surface area contributed by atoms with E-state index < -0.39 is 36.1 Å². The SMILES string of the molecule is C=CCN1C(=O)c2ccc(C(=O)OCC(=O)C(C#N)C(C)=N)cc2C1=O. The molecule has 2 amide bonds. The van der Waals surface area contributed by atoms with E-state index in [0.717, 1.165) is 4.90 Å². The van der Waals surface area contributed by atoms with Crippen LogP contribution in [0.2, 0.25) is 0 Å². The van der Waals surface area contributed by atoms with Crippen LogP contribution in [0.4, 0.5) is 0 Å². The molecule has 8 heteroatoms. The zero-order valence-corrected chi connectivity index (χ0v) is 13.9. The summed E-state index contributed by atoms with van der Waals surface area (Å²) in [4.78, 5) is 49.2. The first-order valence-electron chi connectivity index (χ1n) is 7.57. The molecular weight excluding hydrogens is 338 g/mol. The van der Waals surface area contributed by atoms with Gasteiger partial charge >= 0.3 is 5.97 Å².